The molecule has 2 aromatic rings. The molecule has 0 heterocycles. The number of hydrogen-bond donors (Lipinski definition) is 1. The Balaban J connectivity index is 2.25. The fraction of sp³-hybridized carbons (Fsp3) is 0.250. The van der Waals surface area contributed by atoms with Crippen molar-refractivity contribution in [2.75, 3.05) is 0 Å². The average Bonchev–Trinajstić information content (AvgIpc) is 2.41. The van der Waals surface area contributed by atoms with Crippen molar-refractivity contribution in [3.05, 3.63) is 63.9 Å². The molecule has 2 N–H and O–H groups in total. The minimum absolute atomic E-state index is 0.196. The van der Waals surface area contributed by atoms with E-state index in [1.54, 1.807) is 18.7 Å². The van der Waals surface area contributed by atoms with E-state index in [1.807, 2.05) is 37.3 Å². The first kappa shape index (κ1) is 15.4. The van der Waals surface area contributed by atoms with E-state index in [-0.39, 0.29) is 11.9 Å². The van der Waals surface area contributed by atoms with Crippen LogP contribution >= 0.6 is 23.4 Å². The molecule has 20 heavy (non-hydrogen) atoms. The smallest absolute Gasteiger partial charge is 0.126 e. The third kappa shape index (κ3) is 3.54. The van der Waals surface area contributed by atoms with Crippen LogP contribution in [0.25, 0.3) is 0 Å². The maximum Gasteiger partial charge on any atom is 0.126 e. The van der Waals surface area contributed by atoms with Gasteiger partial charge >= 0.3 is 0 Å². The first-order valence-corrected chi connectivity index (χ1v) is 7.77. The van der Waals surface area contributed by atoms with Crippen LogP contribution in [0.3, 0.4) is 0 Å². The highest BCUT2D eigenvalue weighted by atomic mass is 35.5. The van der Waals surface area contributed by atoms with E-state index < -0.39 is 0 Å². The van der Waals surface area contributed by atoms with Gasteiger partial charge in [0.2, 0.25) is 0 Å². The van der Waals surface area contributed by atoms with Gasteiger partial charge in [0.05, 0.1) is 0 Å². The van der Waals surface area contributed by atoms with Gasteiger partial charge in [-0.1, -0.05) is 29.8 Å². The van der Waals surface area contributed by atoms with Crippen LogP contribution in [0.5, 0.6) is 0 Å². The second-order valence-electron chi connectivity index (χ2n) is 4.81. The van der Waals surface area contributed by atoms with Crippen molar-refractivity contribution in [3.8, 4) is 0 Å². The largest absolute Gasteiger partial charge is 0.324 e. The standard InChI is InChI=1S/C16H17ClFNS/c1-10-7-16(13(11(2)19)8-15(10)18)20-9-12-5-3-4-6-14(12)17/h3-8,11H,9,19H2,1-2H3/t11-/m0/s1. The van der Waals surface area contributed by atoms with Gasteiger partial charge in [0.1, 0.15) is 5.82 Å². The highest BCUT2D eigenvalue weighted by Gasteiger charge is 2.12. The fourth-order valence-electron chi connectivity index (χ4n) is 1.92. The van der Waals surface area contributed by atoms with Crippen molar-refractivity contribution >= 4 is 23.4 Å². The van der Waals surface area contributed by atoms with Crippen LogP contribution < -0.4 is 5.73 Å². The fourth-order valence-corrected chi connectivity index (χ4v) is 3.44. The summed E-state index contributed by atoms with van der Waals surface area (Å²) in [5, 5.41) is 0.751. The summed E-state index contributed by atoms with van der Waals surface area (Å²) in [7, 11) is 0. The van der Waals surface area contributed by atoms with E-state index >= 15 is 0 Å². The number of hydrogen-bond acceptors (Lipinski definition) is 2. The summed E-state index contributed by atoms with van der Waals surface area (Å²) in [4.78, 5) is 1.01. The van der Waals surface area contributed by atoms with Crippen molar-refractivity contribution < 1.29 is 4.39 Å². The van der Waals surface area contributed by atoms with E-state index in [0.29, 0.717) is 5.56 Å². The van der Waals surface area contributed by atoms with Crippen LogP contribution in [0.1, 0.15) is 29.7 Å². The molecular weight excluding hydrogens is 293 g/mol. The maximum absolute atomic E-state index is 13.7. The van der Waals surface area contributed by atoms with Gasteiger partial charge in [-0.25, -0.2) is 4.39 Å². The van der Waals surface area contributed by atoms with E-state index in [4.69, 9.17) is 17.3 Å². The Morgan fingerprint density at radius 3 is 2.65 bits per heavy atom. The van der Waals surface area contributed by atoms with Crippen molar-refractivity contribution in [2.45, 2.75) is 30.5 Å². The highest BCUT2D eigenvalue weighted by Crippen LogP contribution is 2.32. The number of thioether (sulfide) groups is 1. The van der Waals surface area contributed by atoms with E-state index in [1.165, 1.54) is 6.07 Å². The summed E-state index contributed by atoms with van der Waals surface area (Å²) >= 11 is 7.79. The second kappa shape index (κ2) is 6.61. The molecule has 0 saturated heterocycles. The Kier molecular flexibility index (Phi) is 5.08. The van der Waals surface area contributed by atoms with Crippen molar-refractivity contribution in [2.24, 2.45) is 5.73 Å². The molecule has 0 bridgehead atoms. The number of nitrogens with two attached hydrogens (primary N) is 1. The molecule has 106 valence electrons. The monoisotopic (exact) mass is 309 g/mol. The minimum atomic E-state index is -0.209. The van der Waals surface area contributed by atoms with Gasteiger partial charge in [-0.05, 0) is 48.7 Å². The first-order chi connectivity index (χ1) is 9.49. The summed E-state index contributed by atoms with van der Waals surface area (Å²) in [5.74, 6) is 0.532. The molecule has 0 aliphatic carbocycles. The molecule has 2 aromatic carbocycles. The molecule has 1 atom stereocenters. The number of halogens is 2. The molecule has 4 heteroatoms. The number of benzene rings is 2. The topological polar surface area (TPSA) is 26.0 Å². The van der Waals surface area contributed by atoms with Crippen molar-refractivity contribution in [1.82, 2.24) is 0 Å². The summed E-state index contributed by atoms with van der Waals surface area (Å²) in [6.45, 7) is 3.63. The van der Waals surface area contributed by atoms with E-state index in [0.717, 1.165) is 26.8 Å². The summed E-state index contributed by atoms with van der Waals surface area (Å²) in [6, 6.07) is 10.9. The van der Waals surface area contributed by atoms with Crippen molar-refractivity contribution in [3.63, 3.8) is 0 Å². The zero-order valence-electron chi connectivity index (χ0n) is 11.5. The van der Waals surface area contributed by atoms with Gasteiger partial charge in [-0.15, -0.1) is 11.8 Å². The Morgan fingerprint density at radius 1 is 1.30 bits per heavy atom. The molecule has 0 spiro atoms. The van der Waals surface area contributed by atoms with Crippen LogP contribution in [-0.2, 0) is 5.75 Å². The third-order valence-corrected chi connectivity index (χ3v) is 4.61. The second-order valence-corrected chi connectivity index (χ2v) is 6.23. The molecule has 2 rings (SSSR count). The SMILES string of the molecule is Cc1cc(SCc2ccccc2Cl)c([C@H](C)N)cc1F. The van der Waals surface area contributed by atoms with Crippen LogP contribution in [0.15, 0.2) is 41.3 Å². The first-order valence-electron chi connectivity index (χ1n) is 6.41. The zero-order valence-corrected chi connectivity index (χ0v) is 13.1. The molecule has 0 aliphatic rings. The molecule has 0 unspecified atom stereocenters. The molecule has 0 radical (unpaired) electrons. The Hall–Kier alpha value is -1.03. The predicted octanol–water partition coefficient (Wildman–Crippen LogP) is 5.10. The lowest BCUT2D eigenvalue weighted by Crippen LogP contribution is -2.07. The minimum Gasteiger partial charge on any atom is -0.324 e. The van der Waals surface area contributed by atoms with Crippen LogP contribution in [0.4, 0.5) is 4.39 Å². The van der Waals surface area contributed by atoms with Gasteiger partial charge in [0, 0.05) is 21.7 Å². The lowest BCUT2D eigenvalue weighted by atomic mass is 10.1. The van der Waals surface area contributed by atoms with Crippen LogP contribution in [0.2, 0.25) is 5.02 Å². The number of rotatable bonds is 4. The average molecular weight is 310 g/mol. The molecule has 1 nitrogen and oxygen atoms in total. The Bertz CT molecular complexity index is 613. The van der Waals surface area contributed by atoms with E-state index in [9.17, 15) is 4.39 Å². The summed E-state index contributed by atoms with van der Waals surface area (Å²) in [5.41, 5.74) is 8.47. The maximum atomic E-state index is 13.7. The molecule has 0 fully saturated rings. The molecule has 0 aromatic heterocycles. The van der Waals surface area contributed by atoms with Gasteiger partial charge in [-0.3, -0.25) is 0 Å². The lowest BCUT2D eigenvalue weighted by Gasteiger charge is -2.14. The van der Waals surface area contributed by atoms with Crippen LogP contribution in [0, 0.1) is 12.7 Å². The lowest BCUT2D eigenvalue weighted by molar-refractivity contribution is 0.610. The van der Waals surface area contributed by atoms with Gasteiger partial charge in [0.15, 0.2) is 0 Å². The predicted molar refractivity (Wildman–Crippen MR) is 84.8 cm³/mol. The number of aryl methyl sites for hydroxylation is 1. The zero-order chi connectivity index (χ0) is 14.7. The summed E-state index contributed by atoms with van der Waals surface area (Å²) in [6.07, 6.45) is 0. The Labute approximate surface area is 128 Å². The van der Waals surface area contributed by atoms with Gasteiger partial charge in [0.25, 0.3) is 0 Å². The molecule has 0 amide bonds. The van der Waals surface area contributed by atoms with Crippen LogP contribution in [-0.4, -0.2) is 0 Å². The molecule has 0 aliphatic heterocycles. The third-order valence-electron chi connectivity index (χ3n) is 3.12. The van der Waals surface area contributed by atoms with Gasteiger partial charge < -0.3 is 5.73 Å². The quantitative estimate of drug-likeness (QED) is 0.795. The van der Waals surface area contributed by atoms with Gasteiger partial charge in [-0.2, -0.15) is 0 Å². The summed E-state index contributed by atoms with van der Waals surface area (Å²) < 4.78 is 13.7. The molecule has 0 saturated carbocycles. The van der Waals surface area contributed by atoms with Crippen molar-refractivity contribution in [1.29, 1.82) is 0 Å². The highest BCUT2D eigenvalue weighted by molar-refractivity contribution is 7.98. The normalized spacial score (nSPS) is 12.4. The molecular formula is C16H17ClFNS. The van der Waals surface area contributed by atoms with E-state index in [2.05, 4.69) is 0 Å². The Morgan fingerprint density at radius 2 is 2.00 bits per heavy atom.